The SMILES string of the molecule is CCOC1CC(N)(CNc2ccn(C)n2)C1(C)C. The average Bonchev–Trinajstić information content (AvgIpc) is 2.72. The number of nitrogens with one attached hydrogen (secondary N) is 1. The Kier molecular flexibility index (Phi) is 3.38. The van der Waals surface area contributed by atoms with Crippen molar-refractivity contribution in [3.05, 3.63) is 12.3 Å². The van der Waals surface area contributed by atoms with E-state index in [0.717, 1.165) is 25.4 Å². The summed E-state index contributed by atoms with van der Waals surface area (Å²) in [5, 5.41) is 7.61. The van der Waals surface area contributed by atoms with Crippen molar-refractivity contribution in [2.45, 2.75) is 38.8 Å². The fraction of sp³-hybridized carbons (Fsp3) is 0.769. The lowest BCUT2D eigenvalue weighted by Crippen LogP contribution is -2.72. The van der Waals surface area contributed by atoms with Gasteiger partial charge in [0.15, 0.2) is 0 Å². The second kappa shape index (κ2) is 4.55. The van der Waals surface area contributed by atoms with Gasteiger partial charge in [-0.3, -0.25) is 4.68 Å². The zero-order valence-electron chi connectivity index (χ0n) is 11.7. The van der Waals surface area contributed by atoms with Gasteiger partial charge in [-0.05, 0) is 13.3 Å². The van der Waals surface area contributed by atoms with Gasteiger partial charge >= 0.3 is 0 Å². The number of nitrogens with two attached hydrogens (primary N) is 1. The molecule has 1 fully saturated rings. The molecule has 0 amide bonds. The third-order valence-corrected chi connectivity index (χ3v) is 4.30. The number of rotatable bonds is 5. The van der Waals surface area contributed by atoms with Crippen LogP contribution in [0.2, 0.25) is 0 Å². The first-order valence-electron chi connectivity index (χ1n) is 6.53. The summed E-state index contributed by atoms with van der Waals surface area (Å²) < 4.78 is 7.50. The van der Waals surface area contributed by atoms with Gasteiger partial charge < -0.3 is 15.8 Å². The predicted octanol–water partition coefficient (Wildman–Crippen LogP) is 1.36. The van der Waals surface area contributed by atoms with Crippen LogP contribution in [0.1, 0.15) is 27.2 Å². The number of ether oxygens (including phenoxy) is 1. The maximum absolute atomic E-state index is 6.48. The van der Waals surface area contributed by atoms with Crippen LogP contribution < -0.4 is 11.1 Å². The van der Waals surface area contributed by atoms with Crippen LogP contribution in [0.5, 0.6) is 0 Å². The number of hydrogen-bond donors (Lipinski definition) is 2. The van der Waals surface area contributed by atoms with E-state index in [1.54, 1.807) is 4.68 Å². The molecule has 2 atom stereocenters. The van der Waals surface area contributed by atoms with Crippen molar-refractivity contribution >= 4 is 5.82 Å². The largest absolute Gasteiger partial charge is 0.378 e. The van der Waals surface area contributed by atoms with Gasteiger partial charge in [0.25, 0.3) is 0 Å². The van der Waals surface area contributed by atoms with Crippen LogP contribution in [-0.4, -0.2) is 34.6 Å². The summed E-state index contributed by atoms with van der Waals surface area (Å²) in [5.74, 6) is 0.873. The third kappa shape index (κ3) is 2.12. The first-order valence-corrected chi connectivity index (χ1v) is 6.53. The maximum atomic E-state index is 6.48. The van der Waals surface area contributed by atoms with E-state index in [-0.39, 0.29) is 17.1 Å². The lowest BCUT2D eigenvalue weighted by Gasteiger charge is -2.59. The minimum absolute atomic E-state index is 0.00914. The number of hydrogen-bond acceptors (Lipinski definition) is 4. The Morgan fingerprint density at radius 3 is 2.83 bits per heavy atom. The van der Waals surface area contributed by atoms with Crippen LogP contribution in [0, 0.1) is 5.41 Å². The van der Waals surface area contributed by atoms with Crippen molar-refractivity contribution in [1.29, 1.82) is 0 Å². The highest BCUT2D eigenvalue weighted by Crippen LogP contribution is 2.49. The molecule has 0 bridgehead atoms. The molecule has 5 nitrogen and oxygen atoms in total. The Morgan fingerprint density at radius 2 is 2.33 bits per heavy atom. The monoisotopic (exact) mass is 252 g/mol. The van der Waals surface area contributed by atoms with Crippen molar-refractivity contribution < 1.29 is 4.74 Å². The summed E-state index contributed by atoms with van der Waals surface area (Å²) in [6.07, 6.45) is 3.08. The number of nitrogens with zero attached hydrogens (tertiary/aromatic N) is 2. The fourth-order valence-electron chi connectivity index (χ4n) is 2.56. The molecule has 0 spiro atoms. The van der Waals surface area contributed by atoms with Crippen LogP contribution in [0.25, 0.3) is 0 Å². The van der Waals surface area contributed by atoms with Crippen LogP contribution in [0.15, 0.2) is 12.3 Å². The topological polar surface area (TPSA) is 65.1 Å². The summed E-state index contributed by atoms with van der Waals surface area (Å²) in [7, 11) is 1.90. The van der Waals surface area contributed by atoms with E-state index in [1.807, 2.05) is 26.2 Å². The highest BCUT2D eigenvalue weighted by molar-refractivity contribution is 5.34. The minimum atomic E-state index is -0.232. The average molecular weight is 252 g/mol. The molecular formula is C13H24N4O. The molecule has 1 aliphatic carbocycles. The van der Waals surface area contributed by atoms with Gasteiger partial charge in [-0.1, -0.05) is 13.8 Å². The van der Waals surface area contributed by atoms with Gasteiger partial charge in [-0.15, -0.1) is 0 Å². The Bertz CT molecular complexity index is 415. The fourth-order valence-corrected chi connectivity index (χ4v) is 2.56. The number of aryl methyl sites for hydroxylation is 1. The molecule has 1 aromatic heterocycles. The van der Waals surface area contributed by atoms with Crippen molar-refractivity contribution in [3.8, 4) is 0 Å². The van der Waals surface area contributed by atoms with E-state index in [9.17, 15) is 0 Å². The zero-order valence-corrected chi connectivity index (χ0v) is 11.7. The van der Waals surface area contributed by atoms with Crippen LogP contribution >= 0.6 is 0 Å². The van der Waals surface area contributed by atoms with E-state index in [1.165, 1.54) is 0 Å². The molecule has 1 aliphatic rings. The van der Waals surface area contributed by atoms with E-state index >= 15 is 0 Å². The molecule has 0 saturated heterocycles. The molecule has 5 heteroatoms. The van der Waals surface area contributed by atoms with E-state index in [4.69, 9.17) is 10.5 Å². The Balaban J connectivity index is 1.93. The van der Waals surface area contributed by atoms with Crippen molar-refractivity contribution in [2.24, 2.45) is 18.2 Å². The molecule has 1 heterocycles. The van der Waals surface area contributed by atoms with Crippen LogP contribution in [0.3, 0.4) is 0 Å². The Labute approximate surface area is 109 Å². The van der Waals surface area contributed by atoms with Gasteiger partial charge in [0.2, 0.25) is 0 Å². The Hall–Kier alpha value is -1.07. The van der Waals surface area contributed by atoms with Crippen molar-refractivity contribution in [3.63, 3.8) is 0 Å². The summed E-state index contributed by atoms with van der Waals surface area (Å²) in [6, 6.07) is 1.95. The normalized spacial score (nSPS) is 29.9. The standard InChI is InChI=1S/C13H24N4O/c1-5-18-10-8-13(14,12(10,2)3)9-15-11-6-7-17(4)16-11/h6-7,10H,5,8-9,14H2,1-4H3,(H,15,16). The van der Waals surface area contributed by atoms with Gasteiger partial charge in [0.05, 0.1) is 6.10 Å². The highest BCUT2D eigenvalue weighted by Gasteiger charge is 2.58. The number of aromatic nitrogens is 2. The first-order chi connectivity index (χ1) is 8.39. The van der Waals surface area contributed by atoms with Gasteiger partial charge in [0, 0.05) is 43.4 Å². The Morgan fingerprint density at radius 1 is 1.61 bits per heavy atom. The first kappa shape index (κ1) is 13.4. The zero-order chi connectivity index (χ0) is 13.4. The number of anilines is 1. The van der Waals surface area contributed by atoms with Crippen LogP contribution in [-0.2, 0) is 11.8 Å². The highest BCUT2D eigenvalue weighted by atomic mass is 16.5. The van der Waals surface area contributed by atoms with E-state index in [0.29, 0.717) is 0 Å². The molecule has 3 N–H and O–H groups in total. The molecule has 102 valence electrons. The van der Waals surface area contributed by atoms with E-state index in [2.05, 4.69) is 24.3 Å². The molecular weight excluding hydrogens is 228 g/mol. The summed E-state index contributed by atoms with van der Waals surface area (Å²) in [6.45, 7) is 7.85. The maximum Gasteiger partial charge on any atom is 0.148 e. The summed E-state index contributed by atoms with van der Waals surface area (Å²) in [4.78, 5) is 0. The summed E-state index contributed by atoms with van der Waals surface area (Å²) >= 11 is 0. The molecule has 1 saturated carbocycles. The summed E-state index contributed by atoms with van der Waals surface area (Å²) in [5.41, 5.74) is 6.24. The second-order valence-electron chi connectivity index (χ2n) is 5.75. The lowest BCUT2D eigenvalue weighted by atomic mass is 9.54. The lowest BCUT2D eigenvalue weighted by molar-refractivity contribution is -0.144. The molecule has 2 unspecified atom stereocenters. The van der Waals surface area contributed by atoms with Gasteiger partial charge in [0.1, 0.15) is 5.82 Å². The molecule has 1 aromatic rings. The van der Waals surface area contributed by atoms with Crippen molar-refractivity contribution in [2.75, 3.05) is 18.5 Å². The quantitative estimate of drug-likeness (QED) is 0.830. The predicted molar refractivity (Wildman–Crippen MR) is 72.4 cm³/mol. The molecule has 0 aliphatic heterocycles. The van der Waals surface area contributed by atoms with Gasteiger partial charge in [-0.25, -0.2) is 0 Å². The molecule has 18 heavy (non-hydrogen) atoms. The smallest absolute Gasteiger partial charge is 0.148 e. The van der Waals surface area contributed by atoms with Crippen molar-refractivity contribution in [1.82, 2.24) is 9.78 Å². The second-order valence-corrected chi connectivity index (χ2v) is 5.75. The van der Waals surface area contributed by atoms with Gasteiger partial charge in [-0.2, -0.15) is 5.10 Å². The molecule has 2 rings (SSSR count). The third-order valence-electron chi connectivity index (χ3n) is 4.30. The van der Waals surface area contributed by atoms with E-state index < -0.39 is 0 Å². The molecule has 0 radical (unpaired) electrons. The van der Waals surface area contributed by atoms with Crippen LogP contribution in [0.4, 0.5) is 5.82 Å². The minimum Gasteiger partial charge on any atom is -0.378 e. The molecule has 0 aromatic carbocycles.